The summed E-state index contributed by atoms with van der Waals surface area (Å²) >= 11 is 1.60. The number of anilines is 2. The van der Waals surface area contributed by atoms with Crippen LogP contribution in [0, 0.1) is 6.92 Å². The first-order chi connectivity index (χ1) is 8.15. The molecule has 17 heavy (non-hydrogen) atoms. The summed E-state index contributed by atoms with van der Waals surface area (Å²) in [6.07, 6.45) is 0.410. The molecule has 2 rings (SSSR count). The molecule has 3 nitrogen and oxygen atoms in total. The lowest BCUT2D eigenvalue weighted by molar-refractivity contribution is -0.115. The van der Waals surface area contributed by atoms with Crippen molar-refractivity contribution in [2.45, 2.75) is 13.3 Å². The second kappa shape index (κ2) is 5.01. The Kier molecular flexibility index (Phi) is 3.44. The highest BCUT2D eigenvalue weighted by Gasteiger charge is 2.05. The summed E-state index contributed by atoms with van der Waals surface area (Å²) in [5, 5.41) is 6.81. The minimum absolute atomic E-state index is 0.00688. The molecule has 0 aliphatic rings. The van der Waals surface area contributed by atoms with Gasteiger partial charge in [0.2, 0.25) is 5.91 Å². The van der Waals surface area contributed by atoms with Gasteiger partial charge in [0.25, 0.3) is 0 Å². The van der Waals surface area contributed by atoms with Gasteiger partial charge in [-0.25, -0.2) is 0 Å². The molecule has 0 fully saturated rings. The Morgan fingerprint density at radius 2 is 2.24 bits per heavy atom. The predicted molar refractivity (Wildman–Crippen MR) is 72.2 cm³/mol. The van der Waals surface area contributed by atoms with Gasteiger partial charge in [-0.1, -0.05) is 0 Å². The van der Waals surface area contributed by atoms with Gasteiger partial charge in [0.15, 0.2) is 0 Å². The van der Waals surface area contributed by atoms with E-state index in [2.05, 4.69) is 5.32 Å². The minimum atomic E-state index is -0.00688. The van der Waals surface area contributed by atoms with Crippen LogP contribution in [0.25, 0.3) is 0 Å². The van der Waals surface area contributed by atoms with E-state index in [0.717, 1.165) is 22.5 Å². The number of nitrogens with one attached hydrogen (secondary N) is 1. The van der Waals surface area contributed by atoms with Crippen molar-refractivity contribution in [2.75, 3.05) is 11.1 Å². The molecule has 88 valence electrons. The van der Waals surface area contributed by atoms with Crippen LogP contribution in [0.3, 0.4) is 0 Å². The van der Waals surface area contributed by atoms with E-state index in [0.29, 0.717) is 6.42 Å². The summed E-state index contributed by atoms with van der Waals surface area (Å²) in [4.78, 5) is 11.7. The van der Waals surface area contributed by atoms with E-state index >= 15 is 0 Å². The lowest BCUT2D eigenvalue weighted by Gasteiger charge is -2.06. The van der Waals surface area contributed by atoms with Gasteiger partial charge >= 0.3 is 0 Å². The van der Waals surface area contributed by atoms with Crippen molar-refractivity contribution >= 4 is 28.6 Å². The standard InChI is InChI=1S/C13H14N2OS/c1-9-6-11(2-3-12(9)14)15-13(16)7-10-4-5-17-8-10/h2-6,8H,7,14H2,1H3,(H,15,16). The van der Waals surface area contributed by atoms with Gasteiger partial charge in [-0.2, -0.15) is 11.3 Å². The maximum absolute atomic E-state index is 11.7. The van der Waals surface area contributed by atoms with Gasteiger partial charge in [0.1, 0.15) is 0 Å². The third-order valence-electron chi connectivity index (χ3n) is 2.50. The summed E-state index contributed by atoms with van der Waals surface area (Å²) in [5.74, 6) is -0.00688. The third-order valence-corrected chi connectivity index (χ3v) is 3.23. The van der Waals surface area contributed by atoms with Crippen molar-refractivity contribution in [1.29, 1.82) is 0 Å². The first-order valence-electron chi connectivity index (χ1n) is 5.32. The molecule has 1 heterocycles. The number of hydrogen-bond acceptors (Lipinski definition) is 3. The van der Waals surface area contributed by atoms with Crippen LogP contribution in [0.1, 0.15) is 11.1 Å². The Morgan fingerprint density at radius 3 is 2.88 bits per heavy atom. The van der Waals surface area contributed by atoms with Crippen LogP contribution in [-0.2, 0) is 11.2 Å². The van der Waals surface area contributed by atoms with Crippen molar-refractivity contribution in [3.8, 4) is 0 Å². The first-order valence-corrected chi connectivity index (χ1v) is 6.26. The summed E-state index contributed by atoms with van der Waals surface area (Å²) in [6, 6.07) is 7.45. The molecular weight excluding hydrogens is 232 g/mol. The van der Waals surface area contributed by atoms with Gasteiger partial charge < -0.3 is 11.1 Å². The van der Waals surface area contributed by atoms with Crippen LogP contribution in [0.2, 0.25) is 0 Å². The monoisotopic (exact) mass is 246 g/mol. The summed E-state index contributed by atoms with van der Waals surface area (Å²) in [6.45, 7) is 1.92. The minimum Gasteiger partial charge on any atom is -0.399 e. The fourth-order valence-electron chi connectivity index (χ4n) is 1.54. The van der Waals surface area contributed by atoms with Crippen LogP contribution >= 0.6 is 11.3 Å². The number of hydrogen-bond donors (Lipinski definition) is 2. The van der Waals surface area contributed by atoms with Crippen LogP contribution < -0.4 is 11.1 Å². The van der Waals surface area contributed by atoms with Gasteiger partial charge in [0, 0.05) is 11.4 Å². The van der Waals surface area contributed by atoms with E-state index in [1.165, 1.54) is 0 Å². The highest BCUT2D eigenvalue weighted by Crippen LogP contribution is 2.17. The topological polar surface area (TPSA) is 55.1 Å². The Balaban J connectivity index is 2.00. The molecule has 1 amide bonds. The van der Waals surface area contributed by atoms with E-state index in [4.69, 9.17) is 5.73 Å². The number of nitrogens with two attached hydrogens (primary N) is 1. The fraction of sp³-hybridized carbons (Fsp3) is 0.154. The molecule has 0 atom stereocenters. The summed E-state index contributed by atoms with van der Waals surface area (Å²) in [5.41, 5.74) is 9.26. The molecule has 0 saturated carbocycles. The van der Waals surface area contributed by atoms with E-state index in [-0.39, 0.29) is 5.91 Å². The van der Waals surface area contributed by atoms with Crippen molar-refractivity contribution in [3.05, 3.63) is 46.2 Å². The van der Waals surface area contributed by atoms with Crippen LogP contribution in [0.15, 0.2) is 35.0 Å². The number of carbonyl (C=O) groups excluding carboxylic acids is 1. The normalized spacial score (nSPS) is 10.2. The fourth-order valence-corrected chi connectivity index (χ4v) is 2.21. The quantitative estimate of drug-likeness (QED) is 0.818. The highest BCUT2D eigenvalue weighted by atomic mass is 32.1. The summed E-state index contributed by atoms with van der Waals surface area (Å²) in [7, 11) is 0. The first kappa shape index (κ1) is 11.7. The number of amides is 1. The lowest BCUT2D eigenvalue weighted by Crippen LogP contribution is -2.14. The largest absolute Gasteiger partial charge is 0.399 e. The van der Waals surface area contributed by atoms with Gasteiger partial charge in [-0.15, -0.1) is 0 Å². The van der Waals surface area contributed by atoms with Crippen LogP contribution in [-0.4, -0.2) is 5.91 Å². The molecule has 0 aliphatic carbocycles. The average molecular weight is 246 g/mol. The van der Waals surface area contributed by atoms with Crippen LogP contribution in [0.4, 0.5) is 11.4 Å². The zero-order chi connectivity index (χ0) is 12.3. The number of thiophene rings is 1. The van der Waals surface area contributed by atoms with E-state index < -0.39 is 0 Å². The van der Waals surface area contributed by atoms with Gasteiger partial charge in [-0.3, -0.25) is 4.79 Å². The number of nitrogen functional groups attached to an aromatic ring is 1. The molecular formula is C13H14N2OS. The molecule has 0 aliphatic heterocycles. The zero-order valence-corrected chi connectivity index (χ0v) is 10.4. The molecule has 0 saturated heterocycles. The molecule has 4 heteroatoms. The average Bonchev–Trinajstić information content (AvgIpc) is 2.76. The molecule has 1 aromatic heterocycles. The lowest BCUT2D eigenvalue weighted by atomic mass is 10.1. The molecule has 0 radical (unpaired) electrons. The highest BCUT2D eigenvalue weighted by molar-refractivity contribution is 7.08. The predicted octanol–water partition coefficient (Wildman–Crippen LogP) is 2.82. The Hall–Kier alpha value is -1.81. The van der Waals surface area contributed by atoms with Gasteiger partial charge in [0.05, 0.1) is 6.42 Å². The van der Waals surface area contributed by atoms with E-state index in [1.54, 1.807) is 17.4 Å². The molecule has 3 N–H and O–H groups in total. The second-order valence-corrected chi connectivity index (χ2v) is 4.71. The van der Waals surface area contributed by atoms with Crippen molar-refractivity contribution in [2.24, 2.45) is 0 Å². The summed E-state index contributed by atoms with van der Waals surface area (Å²) < 4.78 is 0. The molecule has 0 spiro atoms. The second-order valence-electron chi connectivity index (χ2n) is 3.93. The Bertz CT molecular complexity index is 520. The van der Waals surface area contributed by atoms with Gasteiger partial charge in [-0.05, 0) is 53.1 Å². The SMILES string of the molecule is Cc1cc(NC(=O)Cc2ccsc2)ccc1N. The number of benzene rings is 1. The number of rotatable bonds is 3. The zero-order valence-electron chi connectivity index (χ0n) is 9.57. The maximum Gasteiger partial charge on any atom is 0.228 e. The number of aryl methyl sites for hydroxylation is 1. The molecule has 0 unspecified atom stereocenters. The van der Waals surface area contributed by atoms with E-state index in [9.17, 15) is 4.79 Å². The van der Waals surface area contributed by atoms with E-state index in [1.807, 2.05) is 35.9 Å². The van der Waals surface area contributed by atoms with Crippen molar-refractivity contribution < 1.29 is 4.79 Å². The van der Waals surface area contributed by atoms with Crippen molar-refractivity contribution in [3.63, 3.8) is 0 Å². The Labute approximate surface area is 104 Å². The smallest absolute Gasteiger partial charge is 0.228 e. The molecule has 2 aromatic rings. The molecule has 0 bridgehead atoms. The van der Waals surface area contributed by atoms with Crippen LogP contribution in [0.5, 0.6) is 0 Å². The Morgan fingerprint density at radius 1 is 1.41 bits per heavy atom. The number of carbonyl (C=O) groups is 1. The third kappa shape index (κ3) is 3.07. The molecule has 1 aromatic carbocycles. The maximum atomic E-state index is 11.7. The van der Waals surface area contributed by atoms with Crippen molar-refractivity contribution in [1.82, 2.24) is 0 Å².